The van der Waals surface area contributed by atoms with Crippen molar-refractivity contribution in [3.8, 4) is 5.75 Å². The van der Waals surface area contributed by atoms with Crippen LogP contribution < -0.4 is 4.74 Å². The zero-order valence-corrected chi connectivity index (χ0v) is 16.9. The first-order valence-corrected chi connectivity index (χ1v) is 10.0. The van der Waals surface area contributed by atoms with Crippen LogP contribution in [-0.2, 0) is 4.79 Å². The molecule has 0 saturated carbocycles. The standard InChI is InChI=1S/C21H20Cl2N2O3/c1-13(27-17-4-2-3-15(22)11-17)21(26)25-9-7-14(8-10-25)20-24-18-12-16(23)5-6-19(18)28-20/h2-6,11-14H,7-10H2,1H3. The number of carbonyl (C=O) groups is 1. The molecule has 5 nitrogen and oxygen atoms in total. The zero-order valence-electron chi connectivity index (χ0n) is 15.4. The number of benzene rings is 2. The summed E-state index contributed by atoms with van der Waals surface area (Å²) in [6.07, 6.45) is 1.04. The number of nitrogens with zero attached hydrogens (tertiary/aromatic N) is 2. The molecule has 0 N–H and O–H groups in total. The molecule has 0 spiro atoms. The fourth-order valence-corrected chi connectivity index (χ4v) is 3.84. The zero-order chi connectivity index (χ0) is 19.7. The highest BCUT2D eigenvalue weighted by atomic mass is 35.5. The molecular weight excluding hydrogens is 399 g/mol. The largest absolute Gasteiger partial charge is 0.481 e. The molecule has 1 aliphatic rings. The third-order valence-electron chi connectivity index (χ3n) is 4.98. The molecule has 1 saturated heterocycles. The monoisotopic (exact) mass is 418 g/mol. The van der Waals surface area contributed by atoms with Crippen LogP contribution in [0.1, 0.15) is 31.6 Å². The van der Waals surface area contributed by atoms with E-state index in [2.05, 4.69) is 4.98 Å². The van der Waals surface area contributed by atoms with Gasteiger partial charge in [0.15, 0.2) is 17.6 Å². The van der Waals surface area contributed by atoms with Crippen LogP contribution in [0, 0.1) is 0 Å². The van der Waals surface area contributed by atoms with Crippen molar-refractivity contribution in [2.75, 3.05) is 13.1 Å². The predicted octanol–water partition coefficient (Wildman–Crippen LogP) is 5.31. The maximum atomic E-state index is 12.7. The van der Waals surface area contributed by atoms with Crippen LogP contribution in [0.3, 0.4) is 0 Å². The summed E-state index contributed by atoms with van der Waals surface area (Å²) in [7, 11) is 0. The van der Waals surface area contributed by atoms with Crippen LogP contribution in [0.25, 0.3) is 11.1 Å². The van der Waals surface area contributed by atoms with Crippen LogP contribution in [0.4, 0.5) is 0 Å². The number of halogens is 2. The van der Waals surface area contributed by atoms with Crippen molar-refractivity contribution in [1.82, 2.24) is 9.88 Å². The Balaban J connectivity index is 1.36. The minimum Gasteiger partial charge on any atom is -0.481 e. The number of rotatable bonds is 4. The molecule has 1 atom stereocenters. The Morgan fingerprint density at radius 1 is 1.18 bits per heavy atom. The van der Waals surface area contributed by atoms with E-state index in [0.29, 0.717) is 34.8 Å². The van der Waals surface area contributed by atoms with Gasteiger partial charge in [-0.05, 0) is 56.2 Å². The summed E-state index contributed by atoms with van der Waals surface area (Å²) in [5, 5.41) is 1.22. The molecule has 7 heteroatoms. The van der Waals surface area contributed by atoms with Crippen LogP contribution in [-0.4, -0.2) is 35.0 Å². The summed E-state index contributed by atoms with van der Waals surface area (Å²) in [5.41, 5.74) is 1.51. The van der Waals surface area contributed by atoms with E-state index in [0.717, 1.165) is 23.9 Å². The number of aromatic nitrogens is 1. The van der Waals surface area contributed by atoms with Gasteiger partial charge >= 0.3 is 0 Å². The Labute approximate surface area is 173 Å². The van der Waals surface area contributed by atoms with E-state index in [1.807, 2.05) is 11.0 Å². The Bertz CT molecular complexity index is 996. The Morgan fingerprint density at radius 2 is 1.93 bits per heavy atom. The summed E-state index contributed by atoms with van der Waals surface area (Å²) in [6.45, 7) is 3.05. The highest BCUT2D eigenvalue weighted by Crippen LogP contribution is 2.31. The Hall–Kier alpha value is -2.24. The maximum Gasteiger partial charge on any atom is 0.263 e. The summed E-state index contributed by atoms with van der Waals surface area (Å²) >= 11 is 12.0. The van der Waals surface area contributed by atoms with Crippen LogP contribution in [0.5, 0.6) is 5.75 Å². The number of fused-ring (bicyclic) bond motifs is 1. The van der Waals surface area contributed by atoms with E-state index in [1.54, 1.807) is 43.3 Å². The van der Waals surface area contributed by atoms with E-state index in [9.17, 15) is 4.79 Å². The van der Waals surface area contributed by atoms with Gasteiger partial charge in [0.25, 0.3) is 5.91 Å². The van der Waals surface area contributed by atoms with Gasteiger partial charge in [0, 0.05) is 29.1 Å². The molecule has 1 fully saturated rings. The second-order valence-electron chi connectivity index (χ2n) is 6.98. The molecular formula is C21H20Cl2N2O3. The van der Waals surface area contributed by atoms with E-state index in [1.165, 1.54) is 0 Å². The number of hydrogen-bond donors (Lipinski definition) is 0. The molecule has 1 amide bonds. The van der Waals surface area contributed by atoms with Crippen molar-refractivity contribution in [3.63, 3.8) is 0 Å². The number of amides is 1. The molecule has 2 heterocycles. The van der Waals surface area contributed by atoms with Gasteiger partial charge in [-0.1, -0.05) is 29.3 Å². The first-order chi connectivity index (χ1) is 13.5. The fraction of sp³-hybridized carbons (Fsp3) is 0.333. The Kier molecular flexibility index (Phi) is 5.47. The van der Waals surface area contributed by atoms with Crippen molar-refractivity contribution in [2.24, 2.45) is 0 Å². The average molecular weight is 419 g/mol. The number of ether oxygens (including phenoxy) is 1. The van der Waals surface area contributed by atoms with Gasteiger partial charge in [-0.25, -0.2) is 4.98 Å². The number of likely N-dealkylation sites (tertiary alicyclic amines) is 1. The van der Waals surface area contributed by atoms with Crippen molar-refractivity contribution < 1.29 is 13.9 Å². The average Bonchev–Trinajstić information content (AvgIpc) is 3.10. The molecule has 0 bridgehead atoms. The van der Waals surface area contributed by atoms with Crippen molar-refractivity contribution in [2.45, 2.75) is 31.8 Å². The van der Waals surface area contributed by atoms with E-state index < -0.39 is 6.10 Å². The lowest BCUT2D eigenvalue weighted by Gasteiger charge is -2.32. The fourth-order valence-electron chi connectivity index (χ4n) is 3.49. The molecule has 1 unspecified atom stereocenters. The van der Waals surface area contributed by atoms with Crippen LogP contribution in [0.15, 0.2) is 46.9 Å². The van der Waals surface area contributed by atoms with Gasteiger partial charge in [-0.3, -0.25) is 4.79 Å². The lowest BCUT2D eigenvalue weighted by molar-refractivity contribution is -0.139. The van der Waals surface area contributed by atoms with Gasteiger partial charge in [-0.2, -0.15) is 0 Å². The SMILES string of the molecule is CC(Oc1cccc(Cl)c1)C(=O)N1CCC(c2nc3cc(Cl)ccc3o2)CC1. The Morgan fingerprint density at radius 3 is 2.68 bits per heavy atom. The summed E-state index contributed by atoms with van der Waals surface area (Å²) in [5.74, 6) is 1.48. The van der Waals surface area contributed by atoms with E-state index >= 15 is 0 Å². The number of piperidine rings is 1. The van der Waals surface area contributed by atoms with E-state index in [-0.39, 0.29) is 11.8 Å². The van der Waals surface area contributed by atoms with Gasteiger partial charge in [-0.15, -0.1) is 0 Å². The third kappa shape index (κ3) is 4.10. The normalized spacial score (nSPS) is 16.3. The van der Waals surface area contributed by atoms with Crippen molar-refractivity contribution in [1.29, 1.82) is 0 Å². The lowest BCUT2D eigenvalue weighted by atomic mass is 9.96. The topological polar surface area (TPSA) is 55.6 Å². The minimum atomic E-state index is -0.568. The molecule has 0 aliphatic carbocycles. The maximum absolute atomic E-state index is 12.7. The first kappa shape index (κ1) is 19.1. The number of carbonyl (C=O) groups excluding carboxylic acids is 1. The molecule has 0 radical (unpaired) electrons. The lowest BCUT2D eigenvalue weighted by Crippen LogP contribution is -2.44. The first-order valence-electron chi connectivity index (χ1n) is 9.26. The molecule has 3 aromatic rings. The number of oxazole rings is 1. The van der Waals surface area contributed by atoms with Crippen molar-refractivity contribution in [3.05, 3.63) is 58.4 Å². The molecule has 2 aromatic carbocycles. The quantitative estimate of drug-likeness (QED) is 0.575. The summed E-state index contributed by atoms with van der Waals surface area (Å²) in [4.78, 5) is 19.1. The molecule has 28 heavy (non-hydrogen) atoms. The molecule has 4 rings (SSSR count). The van der Waals surface area contributed by atoms with Gasteiger partial charge < -0.3 is 14.1 Å². The van der Waals surface area contributed by atoms with Gasteiger partial charge in [0.05, 0.1) is 0 Å². The molecule has 146 valence electrons. The second-order valence-corrected chi connectivity index (χ2v) is 7.85. The number of hydrogen-bond acceptors (Lipinski definition) is 4. The summed E-state index contributed by atoms with van der Waals surface area (Å²) < 4.78 is 11.6. The molecule has 1 aromatic heterocycles. The van der Waals surface area contributed by atoms with Crippen LogP contribution in [0.2, 0.25) is 10.0 Å². The third-order valence-corrected chi connectivity index (χ3v) is 5.45. The minimum absolute atomic E-state index is 0.0252. The highest BCUT2D eigenvalue weighted by Gasteiger charge is 2.29. The van der Waals surface area contributed by atoms with Crippen molar-refractivity contribution >= 4 is 40.2 Å². The van der Waals surface area contributed by atoms with E-state index in [4.69, 9.17) is 32.4 Å². The van der Waals surface area contributed by atoms with Gasteiger partial charge in [0.2, 0.25) is 0 Å². The molecule has 1 aliphatic heterocycles. The second kappa shape index (κ2) is 8.02. The summed E-state index contributed by atoms with van der Waals surface area (Å²) in [6, 6.07) is 12.5. The smallest absolute Gasteiger partial charge is 0.263 e. The van der Waals surface area contributed by atoms with Gasteiger partial charge in [0.1, 0.15) is 11.3 Å². The predicted molar refractivity (Wildman–Crippen MR) is 109 cm³/mol. The highest BCUT2D eigenvalue weighted by molar-refractivity contribution is 6.31. The van der Waals surface area contributed by atoms with Crippen LogP contribution >= 0.6 is 23.2 Å².